The highest BCUT2D eigenvalue weighted by molar-refractivity contribution is 5.79. The van der Waals surface area contributed by atoms with E-state index in [4.69, 9.17) is 10.1 Å². The van der Waals surface area contributed by atoms with E-state index >= 15 is 0 Å². The number of rotatable bonds is 7. The number of piperidine rings is 1. The van der Waals surface area contributed by atoms with Crippen molar-refractivity contribution in [2.75, 3.05) is 18.0 Å². The number of fused-ring (bicyclic) bond motifs is 1. The molecule has 5 rings (SSSR count). The largest absolute Gasteiger partial charge is 0.356 e. The Labute approximate surface area is 207 Å². The minimum absolute atomic E-state index is 0.0568. The minimum atomic E-state index is 0.0568. The van der Waals surface area contributed by atoms with Gasteiger partial charge in [-0.05, 0) is 45.1 Å². The summed E-state index contributed by atoms with van der Waals surface area (Å²) in [4.78, 5) is 20.0. The summed E-state index contributed by atoms with van der Waals surface area (Å²) < 4.78 is 1.95. The monoisotopic (exact) mass is 467 g/mol. The molecule has 1 atom stereocenters. The van der Waals surface area contributed by atoms with E-state index in [0.717, 1.165) is 67.2 Å². The average Bonchev–Trinajstić information content (AvgIpc) is 3.32. The zero-order chi connectivity index (χ0) is 24.2. The Bertz CT molecular complexity index is 1280. The second-order valence-corrected chi connectivity index (χ2v) is 9.62. The molecule has 0 bridgehead atoms. The number of aryl methyl sites for hydroxylation is 2. The Hall–Kier alpha value is -3.67. The molecule has 1 aliphatic rings. The maximum absolute atomic E-state index is 12.9. The molecule has 1 saturated heterocycles. The summed E-state index contributed by atoms with van der Waals surface area (Å²) in [5, 5.41) is 8.12. The summed E-state index contributed by atoms with van der Waals surface area (Å²) in [5.41, 5.74) is 5.14. The van der Waals surface area contributed by atoms with Gasteiger partial charge >= 0.3 is 0 Å². The summed E-state index contributed by atoms with van der Waals surface area (Å²) in [6.07, 6.45) is 3.61. The highest BCUT2D eigenvalue weighted by atomic mass is 16.1. The number of nitrogens with zero attached hydrogens (tertiary/aromatic N) is 4. The van der Waals surface area contributed by atoms with Crippen molar-refractivity contribution >= 4 is 17.4 Å². The van der Waals surface area contributed by atoms with Crippen molar-refractivity contribution < 1.29 is 4.79 Å². The van der Waals surface area contributed by atoms with Gasteiger partial charge < -0.3 is 10.2 Å². The second-order valence-electron chi connectivity index (χ2n) is 9.62. The lowest BCUT2D eigenvalue weighted by atomic mass is 9.95. The van der Waals surface area contributed by atoms with Gasteiger partial charge in [0.1, 0.15) is 5.82 Å². The molecule has 0 spiro atoms. The van der Waals surface area contributed by atoms with Crippen molar-refractivity contribution in [3.63, 3.8) is 0 Å². The average molecular weight is 468 g/mol. The molecule has 2 aromatic carbocycles. The predicted molar refractivity (Wildman–Crippen MR) is 140 cm³/mol. The molecule has 4 aromatic rings. The third-order valence-electron chi connectivity index (χ3n) is 6.89. The van der Waals surface area contributed by atoms with Crippen LogP contribution in [0.1, 0.15) is 37.4 Å². The Morgan fingerprint density at radius 1 is 1.03 bits per heavy atom. The van der Waals surface area contributed by atoms with Crippen LogP contribution < -0.4 is 10.2 Å². The molecule has 1 N–H and O–H groups in total. The van der Waals surface area contributed by atoms with Crippen molar-refractivity contribution in [2.45, 2.75) is 45.6 Å². The molecular weight excluding hydrogens is 434 g/mol. The molecule has 6 heteroatoms. The molecule has 6 nitrogen and oxygen atoms in total. The van der Waals surface area contributed by atoms with E-state index in [1.807, 2.05) is 41.8 Å². The Kier molecular flexibility index (Phi) is 6.80. The molecule has 2 aromatic heterocycles. The number of carbonyl (C=O) groups is 1. The molecule has 1 aliphatic heterocycles. The first-order chi connectivity index (χ1) is 17.1. The topological polar surface area (TPSA) is 62.5 Å². The van der Waals surface area contributed by atoms with Crippen LogP contribution in [0.4, 0.5) is 5.82 Å². The summed E-state index contributed by atoms with van der Waals surface area (Å²) >= 11 is 0. The van der Waals surface area contributed by atoms with Gasteiger partial charge in [0.15, 0.2) is 5.65 Å². The van der Waals surface area contributed by atoms with E-state index in [1.54, 1.807) is 0 Å². The third kappa shape index (κ3) is 5.37. The highest BCUT2D eigenvalue weighted by Crippen LogP contribution is 2.27. The van der Waals surface area contributed by atoms with Gasteiger partial charge in [0.2, 0.25) is 5.91 Å². The Morgan fingerprint density at radius 3 is 2.43 bits per heavy atom. The lowest BCUT2D eigenvalue weighted by Gasteiger charge is -2.33. The normalized spacial score (nSPS) is 15.3. The van der Waals surface area contributed by atoms with Gasteiger partial charge in [0.05, 0.1) is 5.69 Å². The van der Waals surface area contributed by atoms with Crippen LogP contribution in [-0.4, -0.2) is 39.6 Å². The molecule has 1 fully saturated rings. The van der Waals surface area contributed by atoms with E-state index in [0.29, 0.717) is 0 Å². The van der Waals surface area contributed by atoms with Crippen LogP contribution in [0.2, 0.25) is 0 Å². The highest BCUT2D eigenvalue weighted by Gasteiger charge is 2.27. The number of amides is 1. The van der Waals surface area contributed by atoms with Crippen molar-refractivity contribution in [2.24, 2.45) is 5.92 Å². The van der Waals surface area contributed by atoms with Crippen LogP contribution >= 0.6 is 0 Å². The fraction of sp³-hybridized carbons (Fsp3) is 0.345. The van der Waals surface area contributed by atoms with Gasteiger partial charge in [-0.2, -0.15) is 9.61 Å². The molecule has 0 unspecified atom stereocenters. The van der Waals surface area contributed by atoms with Crippen molar-refractivity contribution in [1.82, 2.24) is 19.9 Å². The molecule has 35 heavy (non-hydrogen) atoms. The fourth-order valence-electron chi connectivity index (χ4n) is 4.89. The standard InChI is InChI=1S/C29H33N5O/c1-21(13-14-23-9-5-3-6-10-23)31-29(35)25-15-17-33(18-16-25)28-19-22(2)30-27-20-26(32-34(27)28)24-11-7-4-8-12-24/h3-12,19-21,25H,13-18H2,1-2H3,(H,31,35)/t21-/m0/s1. The predicted octanol–water partition coefficient (Wildman–Crippen LogP) is 5.06. The first kappa shape index (κ1) is 23.1. The zero-order valence-electron chi connectivity index (χ0n) is 20.5. The maximum atomic E-state index is 12.9. The summed E-state index contributed by atoms with van der Waals surface area (Å²) in [6, 6.07) is 25.0. The van der Waals surface area contributed by atoms with Crippen molar-refractivity contribution in [1.29, 1.82) is 0 Å². The van der Waals surface area contributed by atoms with E-state index in [-0.39, 0.29) is 17.9 Å². The van der Waals surface area contributed by atoms with Gasteiger partial charge in [-0.25, -0.2) is 4.98 Å². The van der Waals surface area contributed by atoms with E-state index in [9.17, 15) is 4.79 Å². The van der Waals surface area contributed by atoms with Gasteiger partial charge in [-0.1, -0.05) is 60.7 Å². The van der Waals surface area contributed by atoms with E-state index in [2.05, 4.69) is 59.6 Å². The van der Waals surface area contributed by atoms with Crippen LogP contribution in [0.5, 0.6) is 0 Å². The Morgan fingerprint density at radius 2 is 1.71 bits per heavy atom. The van der Waals surface area contributed by atoms with Crippen LogP contribution in [-0.2, 0) is 11.2 Å². The van der Waals surface area contributed by atoms with Crippen LogP contribution in [0.15, 0.2) is 72.8 Å². The molecule has 0 radical (unpaired) electrons. The molecule has 0 aliphatic carbocycles. The van der Waals surface area contributed by atoms with Crippen LogP contribution in [0, 0.1) is 12.8 Å². The third-order valence-corrected chi connectivity index (χ3v) is 6.89. The van der Waals surface area contributed by atoms with Gasteiger partial charge in [-0.15, -0.1) is 0 Å². The summed E-state index contributed by atoms with van der Waals surface area (Å²) in [6.45, 7) is 5.79. The summed E-state index contributed by atoms with van der Waals surface area (Å²) in [7, 11) is 0. The number of hydrogen-bond donors (Lipinski definition) is 1. The smallest absolute Gasteiger partial charge is 0.223 e. The lowest BCUT2D eigenvalue weighted by molar-refractivity contribution is -0.126. The van der Waals surface area contributed by atoms with Crippen LogP contribution in [0.3, 0.4) is 0 Å². The Balaban J connectivity index is 1.21. The molecule has 180 valence electrons. The zero-order valence-corrected chi connectivity index (χ0v) is 20.5. The lowest BCUT2D eigenvalue weighted by Crippen LogP contribution is -2.43. The maximum Gasteiger partial charge on any atom is 0.223 e. The SMILES string of the molecule is Cc1cc(N2CCC(C(=O)N[C@@H](C)CCc3ccccc3)CC2)n2nc(-c3ccccc3)cc2n1. The number of hydrogen-bond acceptors (Lipinski definition) is 4. The molecular formula is C29H33N5O. The van der Waals surface area contributed by atoms with Crippen molar-refractivity contribution in [3.8, 4) is 11.3 Å². The first-order valence-electron chi connectivity index (χ1n) is 12.6. The van der Waals surface area contributed by atoms with Gasteiger partial charge in [0.25, 0.3) is 0 Å². The minimum Gasteiger partial charge on any atom is -0.356 e. The summed E-state index contributed by atoms with van der Waals surface area (Å²) in [5.74, 6) is 1.29. The van der Waals surface area contributed by atoms with Crippen LogP contribution in [0.25, 0.3) is 16.9 Å². The molecule has 1 amide bonds. The number of nitrogens with one attached hydrogen (secondary N) is 1. The van der Waals surface area contributed by atoms with E-state index in [1.165, 1.54) is 5.56 Å². The second kappa shape index (κ2) is 10.3. The van der Waals surface area contributed by atoms with Gasteiger partial charge in [-0.3, -0.25) is 4.79 Å². The van der Waals surface area contributed by atoms with Crippen molar-refractivity contribution in [3.05, 3.63) is 84.1 Å². The fourth-order valence-corrected chi connectivity index (χ4v) is 4.89. The number of anilines is 1. The number of benzene rings is 2. The first-order valence-corrected chi connectivity index (χ1v) is 12.6. The van der Waals surface area contributed by atoms with Gasteiger partial charge in [0, 0.05) is 48.4 Å². The van der Waals surface area contributed by atoms with E-state index < -0.39 is 0 Å². The number of aromatic nitrogens is 3. The quantitative estimate of drug-likeness (QED) is 0.413. The number of carbonyl (C=O) groups excluding carboxylic acids is 1. The molecule has 3 heterocycles. The molecule has 0 saturated carbocycles.